The van der Waals surface area contributed by atoms with Crippen LogP contribution in [-0.2, 0) is 6.54 Å². The minimum absolute atomic E-state index is 0.0453. The molecule has 0 aliphatic carbocycles. The molecular formula is C15H17BrClN3O. The molecule has 0 unspecified atom stereocenters. The van der Waals surface area contributed by atoms with Crippen molar-refractivity contribution in [3.63, 3.8) is 0 Å². The fourth-order valence-electron chi connectivity index (χ4n) is 1.56. The summed E-state index contributed by atoms with van der Waals surface area (Å²) in [4.78, 5) is 8.30. The molecule has 0 atom stereocenters. The van der Waals surface area contributed by atoms with Crippen molar-refractivity contribution in [2.45, 2.75) is 32.9 Å². The lowest BCUT2D eigenvalue weighted by Gasteiger charge is -2.20. The summed E-state index contributed by atoms with van der Waals surface area (Å²) in [5.74, 6) is 0.954. The van der Waals surface area contributed by atoms with Crippen molar-refractivity contribution in [1.29, 1.82) is 0 Å². The van der Waals surface area contributed by atoms with E-state index in [0.717, 1.165) is 10.0 Å². The highest BCUT2D eigenvalue weighted by atomic mass is 79.9. The maximum Gasteiger partial charge on any atom is 0.238 e. The number of halogens is 2. The molecule has 4 nitrogen and oxygen atoms in total. The Morgan fingerprint density at radius 3 is 2.62 bits per heavy atom. The highest BCUT2D eigenvalue weighted by Gasteiger charge is 2.11. The Morgan fingerprint density at radius 1 is 1.24 bits per heavy atom. The lowest BCUT2D eigenvalue weighted by Crippen LogP contribution is -2.35. The number of rotatable bonds is 4. The van der Waals surface area contributed by atoms with Crippen LogP contribution < -0.4 is 10.1 Å². The predicted octanol–water partition coefficient (Wildman–Crippen LogP) is 4.57. The van der Waals surface area contributed by atoms with Gasteiger partial charge < -0.3 is 10.1 Å². The second-order valence-corrected chi connectivity index (χ2v) is 7.00. The Bertz CT molecular complexity index is 629. The van der Waals surface area contributed by atoms with Gasteiger partial charge in [0.25, 0.3) is 0 Å². The molecule has 0 aliphatic heterocycles. The normalized spacial score (nSPS) is 11.5. The highest BCUT2D eigenvalue weighted by Crippen LogP contribution is 2.28. The lowest BCUT2D eigenvalue weighted by molar-refractivity contribution is 0.423. The van der Waals surface area contributed by atoms with Crippen LogP contribution in [-0.4, -0.2) is 15.5 Å². The van der Waals surface area contributed by atoms with Crippen LogP contribution >= 0.6 is 27.5 Å². The van der Waals surface area contributed by atoms with E-state index in [4.69, 9.17) is 16.3 Å². The molecule has 21 heavy (non-hydrogen) atoms. The number of hydrogen-bond donors (Lipinski definition) is 1. The van der Waals surface area contributed by atoms with Crippen molar-refractivity contribution in [3.8, 4) is 11.6 Å². The van der Waals surface area contributed by atoms with E-state index in [1.54, 1.807) is 24.7 Å². The largest absolute Gasteiger partial charge is 0.436 e. The molecule has 2 rings (SSSR count). The van der Waals surface area contributed by atoms with Gasteiger partial charge in [-0.15, -0.1) is 0 Å². The maximum atomic E-state index is 6.22. The van der Waals surface area contributed by atoms with Gasteiger partial charge in [0, 0.05) is 29.0 Å². The van der Waals surface area contributed by atoms with E-state index >= 15 is 0 Å². The predicted molar refractivity (Wildman–Crippen MR) is 87.9 cm³/mol. The highest BCUT2D eigenvalue weighted by molar-refractivity contribution is 9.10. The third-order valence-corrected chi connectivity index (χ3v) is 3.29. The minimum Gasteiger partial charge on any atom is -0.436 e. The molecular weight excluding hydrogens is 354 g/mol. The van der Waals surface area contributed by atoms with Crippen LogP contribution in [0.5, 0.6) is 11.6 Å². The molecule has 0 radical (unpaired) electrons. The third-order valence-electron chi connectivity index (χ3n) is 2.58. The molecule has 0 amide bonds. The van der Waals surface area contributed by atoms with E-state index < -0.39 is 0 Å². The maximum absolute atomic E-state index is 6.22. The second kappa shape index (κ2) is 6.73. The van der Waals surface area contributed by atoms with Gasteiger partial charge >= 0.3 is 0 Å². The van der Waals surface area contributed by atoms with E-state index in [0.29, 0.717) is 23.2 Å². The molecule has 2 aromatic rings. The Labute approximate surface area is 138 Å². The van der Waals surface area contributed by atoms with Gasteiger partial charge in [0.15, 0.2) is 0 Å². The Morgan fingerprint density at radius 2 is 2.00 bits per heavy atom. The first-order valence-corrected chi connectivity index (χ1v) is 7.68. The zero-order valence-corrected chi connectivity index (χ0v) is 14.5. The molecule has 0 aliphatic rings. The molecule has 2 aromatic heterocycles. The monoisotopic (exact) mass is 369 g/mol. The van der Waals surface area contributed by atoms with Gasteiger partial charge in [0.2, 0.25) is 5.88 Å². The zero-order valence-electron chi connectivity index (χ0n) is 12.2. The van der Waals surface area contributed by atoms with Crippen LogP contribution in [0.25, 0.3) is 0 Å². The van der Waals surface area contributed by atoms with Gasteiger partial charge in [-0.1, -0.05) is 11.6 Å². The van der Waals surface area contributed by atoms with Crippen molar-refractivity contribution in [3.05, 3.63) is 45.8 Å². The standard InChI is InChI=1S/C15H17BrClN3O/c1-15(2,3)20-7-10-4-13(17)14(19-6-10)21-12-5-11(16)8-18-9-12/h4-6,8-9,20H,7H2,1-3H3. The number of hydrogen-bond acceptors (Lipinski definition) is 4. The Balaban J connectivity index is 2.09. The molecule has 0 aromatic carbocycles. The first-order valence-electron chi connectivity index (χ1n) is 6.51. The van der Waals surface area contributed by atoms with Gasteiger partial charge in [0.1, 0.15) is 10.8 Å². The van der Waals surface area contributed by atoms with Crippen molar-refractivity contribution < 1.29 is 4.74 Å². The van der Waals surface area contributed by atoms with Gasteiger partial charge in [0.05, 0.1) is 6.20 Å². The van der Waals surface area contributed by atoms with E-state index in [1.165, 1.54) is 0 Å². The quantitative estimate of drug-likeness (QED) is 0.856. The van der Waals surface area contributed by atoms with Crippen molar-refractivity contribution >= 4 is 27.5 Å². The fraction of sp³-hybridized carbons (Fsp3) is 0.333. The van der Waals surface area contributed by atoms with E-state index in [9.17, 15) is 0 Å². The first-order chi connectivity index (χ1) is 9.83. The van der Waals surface area contributed by atoms with Gasteiger partial charge in [-0.3, -0.25) is 4.98 Å². The van der Waals surface area contributed by atoms with Gasteiger partial charge in [-0.25, -0.2) is 4.98 Å². The van der Waals surface area contributed by atoms with E-state index in [-0.39, 0.29) is 5.54 Å². The van der Waals surface area contributed by atoms with Crippen LogP contribution in [0.15, 0.2) is 35.2 Å². The van der Waals surface area contributed by atoms with E-state index in [2.05, 4.69) is 52.0 Å². The molecule has 0 bridgehead atoms. The van der Waals surface area contributed by atoms with Crippen LogP contribution in [0.3, 0.4) is 0 Å². The average molecular weight is 371 g/mol. The summed E-state index contributed by atoms with van der Waals surface area (Å²) in [6.45, 7) is 7.04. The number of pyridine rings is 2. The van der Waals surface area contributed by atoms with Crippen LogP contribution in [0.1, 0.15) is 26.3 Å². The summed E-state index contributed by atoms with van der Waals surface area (Å²) in [6, 6.07) is 3.66. The molecule has 1 N–H and O–H groups in total. The van der Waals surface area contributed by atoms with Crippen LogP contribution in [0.2, 0.25) is 5.02 Å². The number of nitrogens with zero attached hydrogens (tertiary/aromatic N) is 2. The molecule has 0 saturated carbocycles. The SMILES string of the molecule is CC(C)(C)NCc1cnc(Oc2cncc(Br)c2)c(Cl)c1. The summed E-state index contributed by atoms with van der Waals surface area (Å²) in [6.07, 6.45) is 5.05. The summed E-state index contributed by atoms with van der Waals surface area (Å²) in [5, 5.41) is 3.86. The topological polar surface area (TPSA) is 47.0 Å². The minimum atomic E-state index is 0.0453. The summed E-state index contributed by atoms with van der Waals surface area (Å²) in [7, 11) is 0. The van der Waals surface area contributed by atoms with Gasteiger partial charge in [-0.2, -0.15) is 0 Å². The van der Waals surface area contributed by atoms with Crippen molar-refractivity contribution in [2.75, 3.05) is 0 Å². The van der Waals surface area contributed by atoms with Crippen LogP contribution in [0, 0.1) is 0 Å². The molecule has 0 spiro atoms. The number of ether oxygens (including phenoxy) is 1. The summed E-state index contributed by atoms with van der Waals surface area (Å²) >= 11 is 9.56. The molecule has 0 saturated heterocycles. The van der Waals surface area contributed by atoms with Gasteiger partial charge in [-0.05, 0) is 54.4 Å². The Hall–Kier alpha value is -1.17. The number of nitrogens with one attached hydrogen (secondary N) is 1. The molecule has 112 valence electrons. The summed E-state index contributed by atoms with van der Waals surface area (Å²) < 4.78 is 6.47. The van der Waals surface area contributed by atoms with E-state index in [1.807, 2.05) is 6.07 Å². The fourth-order valence-corrected chi connectivity index (χ4v) is 2.14. The summed E-state index contributed by atoms with van der Waals surface area (Å²) in [5.41, 5.74) is 1.05. The zero-order chi connectivity index (χ0) is 15.5. The third kappa shape index (κ3) is 5.26. The number of aromatic nitrogens is 2. The smallest absolute Gasteiger partial charge is 0.238 e. The van der Waals surface area contributed by atoms with Crippen molar-refractivity contribution in [1.82, 2.24) is 15.3 Å². The molecule has 2 heterocycles. The van der Waals surface area contributed by atoms with Crippen molar-refractivity contribution in [2.24, 2.45) is 0 Å². The Kier molecular flexibility index (Phi) is 5.19. The lowest BCUT2D eigenvalue weighted by atomic mass is 10.1. The van der Waals surface area contributed by atoms with Crippen LogP contribution in [0.4, 0.5) is 0 Å². The molecule has 6 heteroatoms. The molecule has 0 fully saturated rings. The second-order valence-electron chi connectivity index (χ2n) is 5.68. The average Bonchev–Trinajstić information content (AvgIpc) is 2.38. The first kappa shape index (κ1) is 16.2.